The first-order chi connectivity index (χ1) is 13.4. The van der Waals surface area contributed by atoms with Gasteiger partial charge in [-0.25, -0.2) is 9.82 Å². The van der Waals surface area contributed by atoms with Crippen LogP contribution in [0, 0.1) is 5.82 Å². The van der Waals surface area contributed by atoms with E-state index in [4.69, 9.17) is 27.9 Å². The summed E-state index contributed by atoms with van der Waals surface area (Å²) in [6, 6.07) is 9.01. The number of carbonyl (C=O) groups is 2. The molecule has 0 atom stereocenters. The van der Waals surface area contributed by atoms with Crippen LogP contribution in [0.4, 0.5) is 4.39 Å². The predicted molar refractivity (Wildman–Crippen MR) is 106 cm³/mol. The molecule has 2 N–H and O–H groups in total. The van der Waals surface area contributed by atoms with Crippen molar-refractivity contribution < 1.29 is 18.7 Å². The van der Waals surface area contributed by atoms with E-state index in [0.717, 1.165) is 0 Å². The fourth-order valence-corrected chi connectivity index (χ4v) is 2.43. The normalized spacial score (nSPS) is 10.5. The third-order valence-electron chi connectivity index (χ3n) is 3.39. The van der Waals surface area contributed by atoms with Crippen molar-refractivity contribution in [2.75, 3.05) is 6.54 Å². The Hall–Kier alpha value is -2.90. The van der Waals surface area contributed by atoms with Gasteiger partial charge in [0.2, 0.25) is 0 Å². The van der Waals surface area contributed by atoms with Crippen molar-refractivity contribution in [2.24, 2.45) is 5.10 Å². The number of hydrazone groups is 1. The molecule has 28 heavy (non-hydrogen) atoms. The van der Waals surface area contributed by atoms with Gasteiger partial charge in [0.25, 0.3) is 0 Å². The van der Waals surface area contributed by atoms with E-state index in [9.17, 15) is 14.0 Å². The van der Waals surface area contributed by atoms with E-state index in [2.05, 4.69) is 22.4 Å². The maximum absolute atomic E-state index is 13.9. The monoisotopic (exact) mass is 423 g/mol. The minimum atomic E-state index is -0.944. The zero-order valence-corrected chi connectivity index (χ0v) is 16.1. The molecule has 0 radical (unpaired) electrons. The summed E-state index contributed by atoms with van der Waals surface area (Å²) in [5, 5.41) is 6.66. The lowest BCUT2D eigenvalue weighted by atomic mass is 10.2. The summed E-state index contributed by atoms with van der Waals surface area (Å²) < 4.78 is 19.5. The molecule has 0 aliphatic heterocycles. The molecule has 0 spiro atoms. The number of nitrogens with one attached hydrogen (secondary N) is 2. The van der Waals surface area contributed by atoms with E-state index in [0.29, 0.717) is 16.3 Å². The number of rotatable bonds is 7. The minimum Gasteiger partial charge on any atom is -0.488 e. The third kappa shape index (κ3) is 6.07. The van der Waals surface area contributed by atoms with Crippen LogP contribution in [-0.4, -0.2) is 24.6 Å². The van der Waals surface area contributed by atoms with Crippen LogP contribution in [0.3, 0.4) is 0 Å². The molecule has 9 heteroatoms. The second-order valence-electron chi connectivity index (χ2n) is 5.37. The lowest BCUT2D eigenvalue weighted by molar-refractivity contribution is -0.139. The smallest absolute Gasteiger partial charge is 0.329 e. The Morgan fingerprint density at radius 2 is 2.00 bits per heavy atom. The van der Waals surface area contributed by atoms with Crippen molar-refractivity contribution in [1.29, 1.82) is 0 Å². The first-order valence-electron chi connectivity index (χ1n) is 7.99. The van der Waals surface area contributed by atoms with Crippen LogP contribution in [0.15, 0.2) is 54.2 Å². The second kappa shape index (κ2) is 10.4. The lowest BCUT2D eigenvalue weighted by Crippen LogP contribution is -2.37. The Labute approximate surface area is 171 Å². The molecule has 0 unspecified atom stereocenters. The van der Waals surface area contributed by atoms with E-state index in [1.807, 2.05) is 0 Å². The largest absolute Gasteiger partial charge is 0.488 e. The van der Waals surface area contributed by atoms with E-state index in [-0.39, 0.29) is 23.7 Å². The summed E-state index contributed by atoms with van der Waals surface area (Å²) in [5.74, 6) is -1.96. The van der Waals surface area contributed by atoms with Crippen molar-refractivity contribution in [3.8, 4) is 5.75 Å². The standard InChI is InChI=1S/C19H16Cl2FN3O3/c1-2-8-23-18(26)19(27)25-24-10-12-9-13(20)6-7-17(12)28-11-14-15(21)4-3-5-16(14)22/h2-7,9-10H,1,8,11H2,(H,23,26)(H,25,27)/b24-10-. The molecule has 0 aromatic heterocycles. The van der Waals surface area contributed by atoms with E-state index >= 15 is 0 Å². The average molecular weight is 424 g/mol. The number of carbonyl (C=O) groups excluding carboxylic acids is 2. The van der Waals surface area contributed by atoms with Gasteiger partial charge in [0.15, 0.2) is 0 Å². The molecular weight excluding hydrogens is 408 g/mol. The molecule has 0 heterocycles. The molecule has 6 nitrogen and oxygen atoms in total. The number of benzene rings is 2. The third-order valence-corrected chi connectivity index (χ3v) is 3.98. The Morgan fingerprint density at radius 3 is 2.71 bits per heavy atom. The fourth-order valence-electron chi connectivity index (χ4n) is 2.03. The molecule has 2 aromatic rings. The summed E-state index contributed by atoms with van der Waals surface area (Å²) in [6.07, 6.45) is 2.69. The van der Waals surface area contributed by atoms with Gasteiger partial charge in [0, 0.05) is 22.7 Å². The number of halogens is 3. The number of amides is 2. The maximum atomic E-state index is 13.9. The fraction of sp³-hybridized carbons (Fsp3) is 0.105. The number of hydrogen-bond acceptors (Lipinski definition) is 4. The number of hydrogen-bond donors (Lipinski definition) is 2. The number of nitrogens with zero attached hydrogens (tertiary/aromatic N) is 1. The summed E-state index contributed by atoms with van der Waals surface area (Å²) in [5.41, 5.74) is 2.69. The quantitative estimate of drug-likeness (QED) is 0.309. The van der Waals surface area contributed by atoms with Crippen molar-refractivity contribution in [3.05, 3.63) is 76.0 Å². The molecular formula is C19H16Cl2FN3O3. The maximum Gasteiger partial charge on any atom is 0.329 e. The second-order valence-corrected chi connectivity index (χ2v) is 6.21. The average Bonchev–Trinajstić information content (AvgIpc) is 2.66. The van der Waals surface area contributed by atoms with Gasteiger partial charge in [-0.3, -0.25) is 9.59 Å². The van der Waals surface area contributed by atoms with Gasteiger partial charge in [-0.05, 0) is 30.3 Å². The van der Waals surface area contributed by atoms with Crippen molar-refractivity contribution in [3.63, 3.8) is 0 Å². The van der Waals surface area contributed by atoms with Crippen LogP contribution < -0.4 is 15.5 Å². The highest BCUT2D eigenvalue weighted by atomic mass is 35.5. The molecule has 0 saturated heterocycles. The Bertz CT molecular complexity index is 899. The van der Waals surface area contributed by atoms with Crippen molar-refractivity contribution >= 4 is 41.2 Å². The lowest BCUT2D eigenvalue weighted by Gasteiger charge is -2.11. The molecule has 0 saturated carbocycles. The van der Waals surface area contributed by atoms with Gasteiger partial charge in [-0.1, -0.05) is 35.3 Å². The van der Waals surface area contributed by atoms with Gasteiger partial charge in [-0.2, -0.15) is 5.10 Å². The van der Waals surface area contributed by atoms with Gasteiger partial charge >= 0.3 is 11.8 Å². The van der Waals surface area contributed by atoms with E-state index in [1.54, 1.807) is 18.2 Å². The molecule has 2 aromatic carbocycles. The highest BCUT2D eigenvalue weighted by Crippen LogP contribution is 2.25. The van der Waals surface area contributed by atoms with Gasteiger partial charge in [0.05, 0.1) is 11.2 Å². The van der Waals surface area contributed by atoms with Gasteiger partial charge in [0.1, 0.15) is 18.2 Å². The molecule has 2 amide bonds. The molecule has 0 bridgehead atoms. The van der Waals surface area contributed by atoms with Crippen molar-refractivity contribution in [2.45, 2.75) is 6.61 Å². The Morgan fingerprint density at radius 1 is 1.21 bits per heavy atom. The first kappa shape index (κ1) is 21.4. The minimum absolute atomic E-state index is 0.121. The van der Waals surface area contributed by atoms with Crippen LogP contribution in [0.2, 0.25) is 10.0 Å². The SMILES string of the molecule is C=CCNC(=O)C(=O)N/N=C\c1cc(Cl)ccc1OCc1c(F)cccc1Cl. The number of ether oxygens (including phenoxy) is 1. The van der Waals surface area contributed by atoms with Crippen LogP contribution in [0.5, 0.6) is 5.75 Å². The van der Waals surface area contributed by atoms with Crippen LogP contribution in [0.25, 0.3) is 0 Å². The molecule has 146 valence electrons. The summed E-state index contributed by atoms with van der Waals surface area (Å²) >= 11 is 12.0. The van der Waals surface area contributed by atoms with Gasteiger partial charge < -0.3 is 10.1 Å². The van der Waals surface area contributed by atoms with E-state index in [1.165, 1.54) is 30.5 Å². The molecule has 0 fully saturated rings. The van der Waals surface area contributed by atoms with Crippen LogP contribution in [0.1, 0.15) is 11.1 Å². The Kier molecular flexibility index (Phi) is 7.98. The summed E-state index contributed by atoms with van der Waals surface area (Å²) in [4.78, 5) is 23.0. The summed E-state index contributed by atoms with van der Waals surface area (Å²) in [7, 11) is 0. The first-order valence-corrected chi connectivity index (χ1v) is 8.75. The molecule has 0 aliphatic carbocycles. The highest BCUT2D eigenvalue weighted by molar-refractivity contribution is 6.35. The zero-order chi connectivity index (χ0) is 20.5. The van der Waals surface area contributed by atoms with Crippen LogP contribution in [-0.2, 0) is 16.2 Å². The van der Waals surface area contributed by atoms with Crippen molar-refractivity contribution in [1.82, 2.24) is 10.7 Å². The van der Waals surface area contributed by atoms with Crippen LogP contribution >= 0.6 is 23.2 Å². The highest BCUT2D eigenvalue weighted by Gasteiger charge is 2.12. The molecule has 2 rings (SSSR count). The van der Waals surface area contributed by atoms with Gasteiger partial charge in [-0.15, -0.1) is 6.58 Å². The topological polar surface area (TPSA) is 79.8 Å². The van der Waals surface area contributed by atoms with E-state index < -0.39 is 17.6 Å². The Balaban J connectivity index is 2.08. The molecule has 0 aliphatic rings. The zero-order valence-electron chi connectivity index (χ0n) is 14.5. The predicted octanol–water partition coefficient (Wildman–Crippen LogP) is 3.46. The summed E-state index contributed by atoms with van der Waals surface area (Å²) in [6.45, 7) is 3.46.